The van der Waals surface area contributed by atoms with Gasteiger partial charge in [0.2, 0.25) is 0 Å². The summed E-state index contributed by atoms with van der Waals surface area (Å²) >= 11 is 0. The normalized spacial score (nSPS) is 34.1. The van der Waals surface area contributed by atoms with Crippen LogP contribution in [0.2, 0.25) is 0 Å². The van der Waals surface area contributed by atoms with E-state index in [4.69, 9.17) is 9.47 Å². The zero-order chi connectivity index (χ0) is 17.7. The van der Waals surface area contributed by atoms with E-state index in [9.17, 15) is 0 Å². The van der Waals surface area contributed by atoms with Crippen molar-refractivity contribution in [1.82, 2.24) is 0 Å². The summed E-state index contributed by atoms with van der Waals surface area (Å²) in [7, 11) is 1.71. The fraction of sp³-hybridized carbons (Fsp3) is 0.818. The van der Waals surface area contributed by atoms with Gasteiger partial charge in [0, 0.05) is 13.0 Å². The second-order valence-corrected chi connectivity index (χ2v) is 8.69. The lowest BCUT2D eigenvalue weighted by Crippen LogP contribution is -2.37. The van der Waals surface area contributed by atoms with Crippen LogP contribution in [0.15, 0.2) is 24.3 Å². The van der Waals surface area contributed by atoms with Crippen LogP contribution < -0.4 is 0 Å². The van der Waals surface area contributed by atoms with Gasteiger partial charge in [-0.25, -0.2) is 0 Å². The average molecular weight is 335 g/mol. The summed E-state index contributed by atoms with van der Waals surface area (Å²) in [6.07, 6.45) is 12.4. The Labute approximate surface area is 149 Å². The second-order valence-electron chi connectivity index (χ2n) is 8.69. The summed E-state index contributed by atoms with van der Waals surface area (Å²) in [5.74, 6) is 2.79. The van der Waals surface area contributed by atoms with Gasteiger partial charge in [0.15, 0.2) is 0 Å². The van der Waals surface area contributed by atoms with Crippen LogP contribution in [-0.2, 0) is 9.47 Å². The van der Waals surface area contributed by atoms with Gasteiger partial charge in [0.1, 0.15) is 6.79 Å². The minimum absolute atomic E-state index is 0.275. The van der Waals surface area contributed by atoms with Gasteiger partial charge in [-0.15, -0.1) is 0 Å². The monoisotopic (exact) mass is 334 g/mol. The topological polar surface area (TPSA) is 18.5 Å². The molecule has 138 valence electrons. The molecule has 2 heteroatoms. The van der Waals surface area contributed by atoms with E-state index in [2.05, 4.69) is 46.4 Å². The number of ether oxygens (including phenoxy) is 2. The summed E-state index contributed by atoms with van der Waals surface area (Å²) in [4.78, 5) is 0. The smallest absolute Gasteiger partial charge is 0.146 e. The predicted octanol–water partition coefficient (Wildman–Crippen LogP) is 5.99. The molecule has 0 N–H and O–H groups in total. The van der Waals surface area contributed by atoms with E-state index in [1.807, 2.05) is 0 Å². The van der Waals surface area contributed by atoms with Crippen LogP contribution in [0.25, 0.3) is 0 Å². The van der Waals surface area contributed by atoms with E-state index < -0.39 is 0 Å². The van der Waals surface area contributed by atoms with Crippen molar-refractivity contribution in [3.8, 4) is 0 Å². The minimum Gasteiger partial charge on any atom is -0.359 e. The molecule has 2 rings (SSSR count). The van der Waals surface area contributed by atoms with Crippen molar-refractivity contribution in [1.29, 1.82) is 0 Å². The molecule has 0 bridgehead atoms. The Morgan fingerprint density at radius 2 is 2.08 bits per heavy atom. The quantitative estimate of drug-likeness (QED) is 0.482. The molecule has 0 aliphatic heterocycles. The Kier molecular flexibility index (Phi) is 7.12. The van der Waals surface area contributed by atoms with Crippen molar-refractivity contribution < 1.29 is 9.47 Å². The summed E-state index contributed by atoms with van der Waals surface area (Å²) in [5, 5.41) is 0. The van der Waals surface area contributed by atoms with E-state index in [-0.39, 0.29) is 6.10 Å². The van der Waals surface area contributed by atoms with Crippen LogP contribution in [0.1, 0.15) is 66.2 Å². The molecule has 0 heterocycles. The highest BCUT2D eigenvalue weighted by atomic mass is 16.7. The van der Waals surface area contributed by atoms with Gasteiger partial charge in [-0.2, -0.15) is 0 Å². The maximum absolute atomic E-state index is 6.13. The third-order valence-corrected chi connectivity index (χ3v) is 6.60. The molecule has 0 aromatic carbocycles. The van der Waals surface area contributed by atoms with Crippen molar-refractivity contribution in [2.45, 2.75) is 72.3 Å². The average Bonchev–Trinajstić information content (AvgIpc) is 2.85. The third kappa shape index (κ3) is 4.14. The number of hydrogen-bond donors (Lipinski definition) is 0. The maximum Gasteiger partial charge on any atom is 0.146 e. The Morgan fingerprint density at radius 3 is 2.71 bits per heavy atom. The Morgan fingerprint density at radius 1 is 1.33 bits per heavy atom. The maximum atomic E-state index is 6.13. The number of methoxy groups -OCH3 is 1. The third-order valence-electron chi connectivity index (χ3n) is 6.60. The van der Waals surface area contributed by atoms with Crippen molar-refractivity contribution in [3.05, 3.63) is 24.3 Å². The molecule has 0 unspecified atom stereocenters. The molecule has 0 aromatic rings. The Bertz CT molecular complexity index is 439. The molecule has 5 atom stereocenters. The molecular formula is C22H38O2. The molecule has 2 nitrogen and oxygen atoms in total. The molecular weight excluding hydrogens is 296 g/mol. The van der Waals surface area contributed by atoms with Crippen LogP contribution >= 0.6 is 0 Å². The van der Waals surface area contributed by atoms with E-state index in [0.717, 1.165) is 17.8 Å². The highest BCUT2D eigenvalue weighted by Gasteiger charge is 2.55. The van der Waals surface area contributed by atoms with Crippen molar-refractivity contribution in [3.63, 3.8) is 0 Å². The fourth-order valence-electron chi connectivity index (χ4n) is 5.39. The summed E-state index contributed by atoms with van der Waals surface area (Å²) < 4.78 is 11.3. The van der Waals surface area contributed by atoms with Gasteiger partial charge in [-0.3, -0.25) is 0 Å². The summed E-state index contributed by atoms with van der Waals surface area (Å²) in [6, 6.07) is 0. The van der Waals surface area contributed by atoms with Crippen LogP contribution in [-0.4, -0.2) is 20.0 Å². The highest BCUT2D eigenvalue weighted by Crippen LogP contribution is 2.59. The SMILES string of the molecule is C=CC1=CCC[C@]2(C)[C@@H]([C@H](C)CCCC(C)C)C[C@H](OCOC)[C@@H]12. The molecule has 1 fully saturated rings. The van der Waals surface area contributed by atoms with E-state index in [1.165, 1.54) is 44.1 Å². The Hall–Kier alpha value is -0.600. The first-order valence-corrected chi connectivity index (χ1v) is 9.87. The number of fused-ring (bicyclic) bond motifs is 1. The van der Waals surface area contributed by atoms with Gasteiger partial charge in [-0.1, -0.05) is 65.7 Å². The van der Waals surface area contributed by atoms with Crippen molar-refractivity contribution in [2.75, 3.05) is 13.9 Å². The van der Waals surface area contributed by atoms with Gasteiger partial charge in [-0.05, 0) is 48.0 Å². The number of hydrogen-bond acceptors (Lipinski definition) is 2. The minimum atomic E-state index is 0.275. The molecule has 0 aromatic heterocycles. The zero-order valence-corrected chi connectivity index (χ0v) is 16.5. The first-order chi connectivity index (χ1) is 11.4. The van der Waals surface area contributed by atoms with Gasteiger partial charge in [0.05, 0.1) is 6.10 Å². The standard InChI is InChI=1S/C22H38O2/c1-7-18-12-9-13-22(5)19(17(4)11-8-10-16(2)3)14-20(21(18)22)24-15-23-6/h7,12,16-17,19-21H,1,8-11,13-15H2,2-6H3/t17-,19-,20+,21-,22-/m1/s1. The first kappa shape index (κ1) is 19.7. The first-order valence-electron chi connectivity index (χ1n) is 9.87. The summed E-state index contributed by atoms with van der Waals surface area (Å²) in [6.45, 7) is 14.1. The number of allylic oxidation sites excluding steroid dienone is 2. The predicted molar refractivity (Wildman–Crippen MR) is 102 cm³/mol. The molecule has 0 saturated heterocycles. The lowest BCUT2D eigenvalue weighted by atomic mass is 9.62. The molecule has 0 radical (unpaired) electrons. The van der Waals surface area contributed by atoms with E-state index in [0.29, 0.717) is 18.1 Å². The van der Waals surface area contributed by atoms with Gasteiger partial charge >= 0.3 is 0 Å². The molecule has 0 spiro atoms. The van der Waals surface area contributed by atoms with Crippen LogP contribution in [0.3, 0.4) is 0 Å². The molecule has 0 amide bonds. The Balaban J connectivity index is 2.14. The molecule has 24 heavy (non-hydrogen) atoms. The van der Waals surface area contributed by atoms with Crippen molar-refractivity contribution in [2.24, 2.45) is 29.1 Å². The van der Waals surface area contributed by atoms with Crippen molar-refractivity contribution >= 4 is 0 Å². The van der Waals surface area contributed by atoms with Crippen LogP contribution in [0.4, 0.5) is 0 Å². The van der Waals surface area contributed by atoms with Crippen LogP contribution in [0, 0.1) is 29.1 Å². The van der Waals surface area contributed by atoms with Gasteiger partial charge < -0.3 is 9.47 Å². The fourth-order valence-corrected chi connectivity index (χ4v) is 5.39. The van der Waals surface area contributed by atoms with Gasteiger partial charge in [0.25, 0.3) is 0 Å². The molecule has 2 aliphatic rings. The lowest BCUT2D eigenvalue weighted by molar-refractivity contribution is -0.0860. The molecule has 2 aliphatic carbocycles. The zero-order valence-electron chi connectivity index (χ0n) is 16.5. The van der Waals surface area contributed by atoms with Crippen LogP contribution in [0.5, 0.6) is 0 Å². The molecule has 1 saturated carbocycles. The van der Waals surface area contributed by atoms with E-state index in [1.54, 1.807) is 7.11 Å². The summed E-state index contributed by atoms with van der Waals surface area (Å²) in [5.41, 5.74) is 1.75. The lowest BCUT2D eigenvalue weighted by Gasteiger charge is -2.43. The van der Waals surface area contributed by atoms with E-state index >= 15 is 0 Å². The largest absolute Gasteiger partial charge is 0.359 e. The highest BCUT2D eigenvalue weighted by molar-refractivity contribution is 5.29. The number of rotatable bonds is 9. The second kappa shape index (κ2) is 8.67.